The molecule has 0 aliphatic rings. The smallest absolute Gasteiger partial charge is 0.164 e. The van der Waals surface area contributed by atoms with Crippen molar-refractivity contribution in [3.63, 3.8) is 0 Å². The summed E-state index contributed by atoms with van der Waals surface area (Å²) in [4.78, 5) is 15.5. The van der Waals surface area contributed by atoms with Crippen LogP contribution in [0.3, 0.4) is 0 Å². The van der Waals surface area contributed by atoms with Crippen LogP contribution in [0.1, 0.15) is 27.8 Å². The topological polar surface area (TPSA) is 167 Å². The Balaban J connectivity index is 1.04. The van der Waals surface area contributed by atoms with Crippen molar-refractivity contribution in [2.45, 2.75) is 0 Å². The first kappa shape index (κ1) is 53.4. The molecule has 0 bridgehead atoms. The second-order valence-electron chi connectivity index (χ2n) is 22.0. The van der Waals surface area contributed by atoms with Crippen molar-refractivity contribution in [2.24, 2.45) is 0 Å². The second-order valence-corrected chi connectivity index (χ2v) is 22.0. The average Bonchev–Trinajstić information content (AvgIpc) is 1.58. The molecule has 0 atom stereocenters. The van der Waals surface area contributed by atoms with Gasteiger partial charge in [-0.15, -0.1) is 0 Å². The molecule has 0 aliphatic heterocycles. The van der Waals surface area contributed by atoms with Gasteiger partial charge in [0.2, 0.25) is 0 Å². The van der Waals surface area contributed by atoms with E-state index in [1.54, 1.807) is 24.3 Å². The minimum absolute atomic E-state index is 0.418. The van der Waals surface area contributed by atoms with Crippen LogP contribution < -0.4 is 0 Å². The number of nitriles is 5. The van der Waals surface area contributed by atoms with Crippen LogP contribution in [0.5, 0.6) is 0 Å². The minimum Gasteiger partial charge on any atom is -0.309 e. The maximum Gasteiger partial charge on any atom is 0.164 e. The van der Waals surface area contributed by atoms with Gasteiger partial charge in [-0.2, -0.15) is 26.3 Å². The maximum absolute atomic E-state index is 11.7. The van der Waals surface area contributed by atoms with Crippen molar-refractivity contribution in [2.75, 3.05) is 0 Å². The van der Waals surface area contributed by atoms with E-state index >= 15 is 0 Å². The molecule has 0 spiro atoms. The normalized spacial score (nSPS) is 11.1. The number of rotatable bonds is 10. The molecule has 0 unspecified atom stereocenters. The first-order chi connectivity index (χ1) is 44.3. The lowest BCUT2D eigenvalue weighted by Gasteiger charge is -2.21. The van der Waals surface area contributed by atoms with Crippen LogP contribution in [0.4, 0.5) is 0 Å². The molecule has 0 N–H and O–H groups in total. The number of fused-ring (bicyclic) bond motifs is 6. The second kappa shape index (κ2) is 22.3. The van der Waals surface area contributed by atoms with Crippen molar-refractivity contribution >= 4 is 43.6 Å². The van der Waals surface area contributed by atoms with E-state index in [0.29, 0.717) is 62.0 Å². The van der Waals surface area contributed by atoms with E-state index < -0.39 is 0 Å². The lowest BCUT2D eigenvalue weighted by molar-refractivity contribution is 1.07. The summed E-state index contributed by atoms with van der Waals surface area (Å²) >= 11 is 0. The third-order valence-corrected chi connectivity index (χ3v) is 16.7. The van der Waals surface area contributed by atoms with Crippen molar-refractivity contribution in [3.05, 3.63) is 295 Å². The van der Waals surface area contributed by atoms with Gasteiger partial charge in [-0.3, -0.25) is 0 Å². The Labute approximate surface area is 517 Å². The largest absolute Gasteiger partial charge is 0.309 e. The van der Waals surface area contributed by atoms with Crippen molar-refractivity contribution in [1.82, 2.24) is 24.1 Å². The molecule has 15 aromatic rings. The minimum atomic E-state index is 0.418. The summed E-state index contributed by atoms with van der Waals surface area (Å²) in [5.74, 6) is 1.43. The molecule has 414 valence electrons. The van der Waals surface area contributed by atoms with Crippen molar-refractivity contribution in [3.8, 4) is 132 Å². The van der Waals surface area contributed by atoms with Crippen LogP contribution in [0.15, 0.2) is 267 Å². The van der Waals surface area contributed by atoms with E-state index in [4.69, 9.17) is 15.0 Å². The fraction of sp³-hybridized carbons (Fsp3) is 0. The fourth-order valence-electron chi connectivity index (χ4n) is 12.5. The lowest BCUT2D eigenvalue weighted by Crippen LogP contribution is -2.05. The SMILES string of the molecule is N#Cc1cccc(-c2ccc3c(c2)c2cc(-c4cccc(C#N)c4)ccc2n3-c2ccc(-c3nc(-c4ccccc4)nc(-c4ccccc4)n3)cc2-c2c(C#N)cccc2-n2c3ccc(-c4cccc(C#N)c4)cc3c3cc(-c4cccc(C#N)c4)ccc32)c1. The summed E-state index contributed by atoms with van der Waals surface area (Å²) in [6.07, 6.45) is 0. The van der Waals surface area contributed by atoms with Crippen LogP contribution in [0.2, 0.25) is 0 Å². The quantitative estimate of drug-likeness (QED) is 0.130. The molecule has 3 aromatic heterocycles. The molecular formula is C80H44N10. The summed E-state index contributed by atoms with van der Waals surface area (Å²) in [6, 6.07) is 99.7. The highest BCUT2D eigenvalue weighted by molar-refractivity contribution is 6.14. The Morgan fingerprint density at radius 1 is 0.244 bits per heavy atom. The summed E-state index contributed by atoms with van der Waals surface area (Å²) in [7, 11) is 0. The van der Waals surface area contributed by atoms with Gasteiger partial charge < -0.3 is 9.13 Å². The molecule has 12 aromatic carbocycles. The van der Waals surface area contributed by atoms with Crippen molar-refractivity contribution < 1.29 is 0 Å². The Kier molecular flexibility index (Phi) is 13.2. The van der Waals surface area contributed by atoms with Gasteiger partial charge >= 0.3 is 0 Å². The molecule has 15 rings (SSSR count). The van der Waals surface area contributed by atoms with Gasteiger partial charge in [0.1, 0.15) is 0 Å². The highest BCUT2D eigenvalue weighted by Gasteiger charge is 2.26. The molecule has 0 amide bonds. The fourth-order valence-corrected chi connectivity index (χ4v) is 12.5. The van der Waals surface area contributed by atoms with Gasteiger partial charge in [0.05, 0.1) is 91.6 Å². The van der Waals surface area contributed by atoms with E-state index in [9.17, 15) is 26.3 Å². The van der Waals surface area contributed by atoms with Gasteiger partial charge in [0.25, 0.3) is 0 Å². The van der Waals surface area contributed by atoms with Gasteiger partial charge in [-0.1, -0.05) is 140 Å². The molecule has 90 heavy (non-hydrogen) atoms. The highest BCUT2D eigenvalue weighted by Crippen LogP contribution is 2.46. The van der Waals surface area contributed by atoms with E-state index in [1.165, 1.54) is 0 Å². The predicted octanol–water partition coefficient (Wildman–Crippen LogP) is 18.8. The molecular weight excluding hydrogens is 1100 g/mol. The first-order valence-electron chi connectivity index (χ1n) is 29.1. The third-order valence-electron chi connectivity index (χ3n) is 16.7. The summed E-state index contributed by atoms with van der Waals surface area (Å²) < 4.78 is 4.50. The number of aromatic nitrogens is 5. The van der Waals surface area contributed by atoms with Crippen LogP contribution in [0, 0.1) is 56.7 Å². The third kappa shape index (κ3) is 9.41. The van der Waals surface area contributed by atoms with Gasteiger partial charge in [-0.25, -0.2) is 15.0 Å². The Bertz CT molecular complexity index is 5400. The summed E-state index contributed by atoms with van der Waals surface area (Å²) in [5.41, 5.74) is 18.6. The zero-order chi connectivity index (χ0) is 60.8. The monoisotopic (exact) mass is 1140 g/mol. The molecule has 10 heteroatoms. The average molecular weight is 1150 g/mol. The molecule has 0 saturated heterocycles. The Hall–Kier alpha value is -13.3. The van der Waals surface area contributed by atoms with Crippen molar-refractivity contribution in [1.29, 1.82) is 26.3 Å². The summed E-state index contributed by atoms with van der Waals surface area (Å²) in [6.45, 7) is 0. The zero-order valence-electron chi connectivity index (χ0n) is 47.9. The molecule has 10 nitrogen and oxygen atoms in total. The van der Waals surface area contributed by atoms with Crippen LogP contribution in [-0.4, -0.2) is 24.1 Å². The molecule has 0 radical (unpaired) electrons. The van der Waals surface area contributed by atoms with Gasteiger partial charge in [0, 0.05) is 49.4 Å². The standard InChI is InChI=1S/C80H44N10/c81-45-50-12-7-20-56(36-50)60-26-31-71-66(40-60)67-41-61(57-21-8-13-51(37-57)46-82)27-32-72(67)89(71)75-35-30-64(80-87-78(54-16-3-1-4-17-54)86-79(88-80)55-18-5-2-6-19-55)44-70(75)77-65(49-85)24-11-25-76(77)90-73-33-28-62(58-22-9-14-52(38-58)47-83)42-68(73)69-43-63(29-34-74(69)90)59-23-10-15-53(39-59)48-84/h1-44H. The zero-order valence-corrected chi connectivity index (χ0v) is 47.9. The number of hydrogen-bond donors (Lipinski definition) is 0. The predicted molar refractivity (Wildman–Crippen MR) is 356 cm³/mol. The Morgan fingerprint density at radius 3 is 0.933 bits per heavy atom. The van der Waals surface area contributed by atoms with E-state index in [0.717, 1.165) is 111 Å². The van der Waals surface area contributed by atoms with Crippen LogP contribution >= 0.6 is 0 Å². The highest BCUT2D eigenvalue weighted by atomic mass is 15.0. The van der Waals surface area contributed by atoms with Crippen LogP contribution in [-0.2, 0) is 0 Å². The van der Waals surface area contributed by atoms with E-state index in [2.05, 4.69) is 130 Å². The molecule has 3 heterocycles. The molecule has 0 fully saturated rings. The number of nitrogens with zero attached hydrogens (tertiary/aromatic N) is 10. The first-order valence-corrected chi connectivity index (χ1v) is 29.1. The van der Waals surface area contributed by atoms with Gasteiger partial charge in [-0.05, 0) is 172 Å². The number of benzene rings is 12. The van der Waals surface area contributed by atoms with E-state index in [1.807, 2.05) is 152 Å². The van der Waals surface area contributed by atoms with Gasteiger partial charge in [0.15, 0.2) is 17.5 Å². The van der Waals surface area contributed by atoms with E-state index in [-0.39, 0.29) is 0 Å². The lowest BCUT2D eigenvalue weighted by atomic mass is 9.94. The number of hydrogen-bond acceptors (Lipinski definition) is 8. The van der Waals surface area contributed by atoms with Crippen LogP contribution in [0.25, 0.3) is 145 Å². The summed E-state index contributed by atoms with van der Waals surface area (Å²) in [5, 5.41) is 55.4. The maximum atomic E-state index is 11.7. The molecule has 0 saturated carbocycles. The molecule has 0 aliphatic carbocycles. The Morgan fingerprint density at radius 2 is 0.567 bits per heavy atom.